The summed E-state index contributed by atoms with van der Waals surface area (Å²) in [5.41, 5.74) is 5.73. The van der Waals surface area contributed by atoms with Gasteiger partial charge in [-0.15, -0.1) is 0 Å². The van der Waals surface area contributed by atoms with Gasteiger partial charge in [0.2, 0.25) is 5.91 Å². The van der Waals surface area contributed by atoms with Crippen LogP contribution in [0.2, 0.25) is 0 Å². The molecule has 0 aromatic carbocycles. The van der Waals surface area contributed by atoms with E-state index in [0.717, 1.165) is 17.4 Å². The van der Waals surface area contributed by atoms with E-state index in [9.17, 15) is 4.79 Å². The Hall–Kier alpha value is -0.540. The highest BCUT2D eigenvalue weighted by Crippen LogP contribution is 1.98. The van der Waals surface area contributed by atoms with Crippen LogP contribution in [0.5, 0.6) is 0 Å². The van der Waals surface area contributed by atoms with Crippen LogP contribution in [0, 0.1) is 0 Å². The fourth-order valence-electron chi connectivity index (χ4n) is 0.769. The largest absolute Gasteiger partial charge is 1.00 e. The fourth-order valence-corrected chi connectivity index (χ4v) is 0.769. The number of carbonyl (C=O) groups is 1. The van der Waals surface area contributed by atoms with Crippen LogP contribution < -0.4 is 18.1 Å². The maximum Gasteiger partial charge on any atom is 0.244 e. The van der Waals surface area contributed by atoms with E-state index in [4.69, 9.17) is 5.73 Å². The van der Waals surface area contributed by atoms with E-state index >= 15 is 0 Å². The van der Waals surface area contributed by atoms with Gasteiger partial charge in [0, 0.05) is 12.0 Å². The molecule has 0 fully saturated rings. The van der Waals surface area contributed by atoms with Crippen molar-refractivity contribution in [1.82, 2.24) is 0 Å². The molecule has 0 aromatic heterocycles. The number of amides is 1. The molecule has 78 valence electrons. The Morgan fingerprint density at radius 2 is 1.85 bits per heavy atom. The molecule has 0 spiro atoms. The minimum atomic E-state index is -0.323. The molecule has 0 aliphatic heterocycles. The van der Waals surface area contributed by atoms with Gasteiger partial charge in [-0.2, -0.15) is 0 Å². The van der Waals surface area contributed by atoms with Crippen molar-refractivity contribution >= 4 is 5.91 Å². The molecular weight excluding hydrogens is 188 g/mol. The van der Waals surface area contributed by atoms with E-state index in [0.29, 0.717) is 5.57 Å². The Kier molecular flexibility index (Phi) is 6.90. The highest BCUT2D eigenvalue weighted by molar-refractivity contribution is 5.91. The number of rotatable bonds is 4. The summed E-state index contributed by atoms with van der Waals surface area (Å²) in [4.78, 5) is 10.6. The van der Waals surface area contributed by atoms with Gasteiger partial charge in [-0.05, 0) is 6.92 Å². The molecule has 3 nitrogen and oxygen atoms in total. The van der Waals surface area contributed by atoms with Crippen molar-refractivity contribution in [3.63, 3.8) is 0 Å². The summed E-state index contributed by atoms with van der Waals surface area (Å²) < 4.78 is 0.905. The van der Waals surface area contributed by atoms with Crippen molar-refractivity contribution in [2.45, 2.75) is 13.3 Å². The highest BCUT2D eigenvalue weighted by Gasteiger charge is 2.04. The van der Waals surface area contributed by atoms with Crippen molar-refractivity contribution in [2.75, 3.05) is 27.7 Å². The molecule has 0 saturated carbocycles. The van der Waals surface area contributed by atoms with E-state index in [1.54, 1.807) is 6.92 Å². The molecule has 0 unspecified atom stereocenters. The van der Waals surface area contributed by atoms with E-state index in [1.807, 2.05) is 6.08 Å². The summed E-state index contributed by atoms with van der Waals surface area (Å²) in [5, 5.41) is 0. The Bertz CT molecular complexity index is 194. The second-order valence-electron chi connectivity index (χ2n) is 4.05. The summed E-state index contributed by atoms with van der Waals surface area (Å²) in [6, 6.07) is 0. The molecule has 0 heterocycles. The van der Waals surface area contributed by atoms with E-state index < -0.39 is 0 Å². The van der Waals surface area contributed by atoms with Gasteiger partial charge in [-0.1, -0.05) is 6.08 Å². The molecular formula is C9H19ClN2O. The van der Waals surface area contributed by atoms with Crippen molar-refractivity contribution in [1.29, 1.82) is 0 Å². The van der Waals surface area contributed by atoms with Gasteiger partial charge in [0.05, 0.1) is 27.7 Å². The van der Waals surface area contributed by atoms with E-state index in [-0.39, 0.29) is 18.3 Å². The zero-order valence-electron chi connectivity index (χ0n) is 8.80. The minimum absolute atomic E-state index is 0. The minimum Gasteiger partial charge on any atom is -1.00 e. The molecule has 0 bridgehead atoms. The highest BCUT2D eigenvalue weighted by atomic mass is 35.5. The van der Waals surface area contributed by atoms with Crippen molar-refractivity contribution in [3.05, 3.63) is 11.6 Å². The van der Waals surface area contributed by atoms with Gasteiger partial charge in [-0.25, -0.2) is 0 Å². The summed E-state index contributed by atoms with van der Waals surface area (Å²) in [5.74, 6) is -0.323. The number of quaternary nitrogens is 1. The normalized spacial score (nSPS) is 12.2. The summed E-state index contributed by atoms with van der Waals surface area (Å²) in [7, 11) is 6.36. The number of hydrogen-bond donors (Lipinski definition) is 1. The average Bonchev–Trinajstić information content (AvgIpc) is 1.84. The van der Waals surface area contributed by atoms with Gasteiger partial charge in [-0.3, -0.25) is 4.79 Å². The molecule has 0 aliphatic rings. The van der Waals surface area contributed by atoms with Crippen LogP contribution in [0.25, 0.3) is 0 Å². The number of carbonyl (C=O) groups excluding carboxylic acids is 1. The molecule has 0 radical (unpaired) electrons. The molecule has 0 aromatic rings. The average molecular weight is 207 g/mol. The SMILES string of the molecule is CC(=CCC[N+](C)(C)C)C(N)=O.[Cl-]. The molecule has 2 N–H and O–H groups in total. The van der Waals surface area contributed by atoms with Gasteiger partial charge in [0.15, 0.2) is 0 Å². The summed E-state index contributed by atoms with van der Waals surface area (Å²) in [6.45, 7) is 2.77. The van der Waals surface area contributed by atoms with Crippen LogP contribution in [-0.2, 0) is 4.79 Å². The zero-order valence-corrected chi connectivity index (χ0v) is 9.56. The molecule has 0 aliphatic carbocycles. The van der Waals surface area contributed by atoms with Gasteiger partial charge >= 0.3 is 0 Å². The quantitative estimate of drug-likeness (QED) is 0.402. The van der Waals surface area contributed by atoms with Gasteiger partial charge in [0.1, 0.15) is 0 Å². The Labute approximate surface area is 86.6 Å². The Morgan fingerprint density at radius 3 is 2.15 bits per heavy atom. The summed E-state index contributed by atoms with van der Waals surface area (Å²) >= 11 is 0. The predicted molar refractivity (Wildman–Crippen MR) is 50.5 cm³/mol. The molecule has 0 saturated heterocycles. The van der Waals surface area contributed by atoms with Crippen LogP contribution >= 0.6 is 0 Å². The van der Waals surface area contributed by atoms with Gasteiger partial charge in [0.25, 0.3) is 0 Å². The van der Waals surface area contributed by atoms with Crippen LogP contribution in [0.4, 0.5) is 0 Å². The monoisotopic (exact) mass is 206 g/mol. The lowest BCUT2D eigenvalue weighted by atomic mass is 10.2. The molecule has 0 rings (SSSR count). The number of nitrogens with zero attached hydrogens (tertiary/aromatic N) is 1. The first-order valence-corrected chi connectivity index (χ1v) is 4.10. The van der Waals surface area contributed by atoms with Crippen LogP contribution in [0.1, 0.15) is 13.3 Å². The van der Waals surface area contributed by atoms with Crippen molar-refractivity contribution in [2.24, 2.45) is 5.73 Å². The van der Waals surface area contributed by atoms with Crippen LogP contribution in [-0.4, -0.2) is 38.1 Å². The van der Waals surface area contributed by atoms with Crippen molar-refractivity contribution in [3.8, 4) is 0 Å². The number of hydrogen-bond acceptors (Lipinski definition) is 1. The van der Waals surface area contributed by atoms with E-state index in [2.05, 4.69) is 21.1 Å². The van der Waals surface area contributed by atoms with Gasteiger partial charge < -0.3 is 22.6 Å². The fraction of sp³-hybridized carbons (Fsp3) is 0.667. The Morgan fingerprint density at radius 1 is 1.38 bits per heavy atom. The first kappa shape index (κ1) is 15.0. The third kappa shape index (κ3) is 9.37. The number of halogens is 1. The third-order valence-corrected chi connectivity index (χ3v) is 1.64. The third-order valence-electron chi connectivity index (χ3n) is 1.64. The second kappa shape index (κ2) is 6.00. The zero-order chi connectivity index (χ0) is 9.78. The maximum atomic E-state index is 10.6. The second-order valence-corrected chi connectivity index (χ2v) is 4.05. The molecule has 0 atom stereocenters. The Balaban J connectivity index is 0. The lowest BCUT2D eigenvalue weighted by Crippen LogP contribution is -3.00. The van der Waals surface area contributed by atoms with Crippen LogP contribution in [0.3, 0.4) is 0 Å². The number of nitrogens with two attached hydrogens (primary N) is 1. The smallest absolute Gasteiger partial charge is 0.244 e. The first-order valence-electron chi connectivity index (χ1n) is 4.10. The standard InChI is InChI=1S/C9H18N2O.ClH/c1-8(9(10)12)6-5-7-11(2,3)4;/h6H,5,7H2,1-4H3,(H-,10,12);1H. The molecule has 4 heteroatoms. The maximum absolute atomic E-state index is 10.6. The van der Waals surface area contributed by atoms with E-state index in [1.165, 1.54) is 0 Å². The topological polar surface area (TPSA) is 43.1 Å². The lowest BCUT2D eigenvalue weighted by Gasteiger charge is -2.22. The molecule has 1 amide bonds. The number of primary amides is 1. The molecule has 13 heavy (non-hydrogen) atoms. The summed E-state index contributed by atoms with van der Waals surface area (Å²) in [6.07, 6.45) is 2.80. The lowest BCUT2D eigenvalue weighted by molar-refractivity contribution is -0.869. The first-order chi connectivity index (χ1) is 5.33. The predicted octanol–water partition coefficient (Wildman–Crippen LogP) is -2.48. The van der Waals surface area contributed by atoms with Crippen molar-refractivity contribution < 1.29 is 21.7 Å². The van der Waals surface area contributed by atoms with Crippen LogP contribution in [0.15, 0.2) is 11.6 Å².